The summed E-state index contributed by atoms with van der Waals surface area (Å²) < 4.78 is 0. The van der Waals surface area contributed by atoms with E-state index < -0.39 is 13.2 Å². The number of nitrogens with zero attached hydrogens (tertiary/aromatic N) is 4. The number of hydrogen-bond acceptors (Lipinski definition) is 4. The van der Waals surface area contributed by atoms with Crippen LogP contribution in [0.25, 0.3) is 0 Å². The Bertz CT molecular complexity index is 847. The minimum Gasteiger partial charge on any atom is -0.342 e. The molecule has 3 aliphatic rings. The van der Waals surface area contributed by atoms with Crippen LogP contribution in [0.2, 0.25) is 19.6 Å². The molecule has 0 bridgehead atoms. The molecule has 2 fully saturated rings. The first-order chi connectivity index (χ1) is 13.8. The third-order valence-electron chi connectivity index (χ3n) is 7.55. The van der Waals surface area contributed by atoms with Crippen molar-refractivity contribution in [2.75, 3.05) is 13.1 Å². The van der Waals surface area contributed by atoms with E-state index in [4.69, 9.17) is 0 Å². The van der Waals surface area contributed by atoms with Gasteiger partial charge in [0.1, 0.15) is 5.16 Å². The summed E-state index contributed by atoms with van der Waals surface area (Å²) in [6, 6.07) is 8.76. The highest BCUT2D eigenvalue weighted by Gasteiger charge is 2.70. The summed E-state index contributed by atoms with van der Waals surface area (Å²) in [5.41, 5.74) is 2.41. The number of unbranched alkanes of at least 4 members (excludes halogenated alkanes) is 3. The summed E-state index contributed by atoms with van der Waals surface area (Å²) in [5, 5.41) is 12.3. The first-order valence-electron chi connectivity index (χ1n) is 11.1. The lowest BCUT2D eigenvalue weighted by Crippen LogP contribution is -2.48. The molecule has 1 aromatic carbocycles. The Hall–Kier alpha value is -1.82. The summed E-state index contributed by atoms with van der Waals surface area (Å²) in [7, 11) is -1.74. The fourth-order valence-corrected chi connectivity index (χ4v) is 7.22. The maximum atomic E-state index is 13.0. The number of carbonyl (C=O) groups is 1. The number of amides is 1. The second kappa shape index (κ2) is 7.15. The quantitative estimate of drug-likeness (QED) is 0.432. The van der Waals surface area contributed by atoms with Crippen LogP contribution in [0.4, 0.5) is 0 Å². The molecular weight excluding hydrogens is 376 g/mol. The second-order valence-electron chi connectivity index (χ2n) is 10.2. The van der Waals surface area contributed by atoms with Gasteiger partial charge in [0.15, 0.2) is 0 Å². The summed E-state index contributed by atoms with van der Waals surface area (Å²) >= 11 is 0. The molecule has 29 heavy (non-hydrogen) atoms. The van der Waals surface area contributed by atoms with Gasteiger partial charge in [-0.05, 0) is 28.7 Å². The van der Waals surface area contributed by atoms with Gasteiger partial charge in [0, 0.05) is 18.5 Å². The van der Waals surface area contributed by atoms with Crippen molar-refractivity contribution in [2.45, 2.75) is 69.7 Å². The maximum Gasteiger partial charge on any atom is 0.226 e. The molecule has 1 aromatic rings. The Morgan fingerprint density at radius 2 is 1.93 bits per heavy atom. The molecule has 0 N–H and O–H groups in total. The van der Waals surface area contributed by atoms with E-state index in [1.807, 2.05) is 6.21 Å². The molecule has 1 saturated carbocycles. The van der Waals surface area contributed by atoms with Crippen LogP contribution < -0.4 is 0 Å². The number of rotatable bonds is 8. The minimum atomic E-state index is -1.74. The molecule has 0 spiro atoms. The molecule has 5 nitrogen and oxygen atoms in total. The van der Waals surface area contributed by atoms with Gasteiger partial charge in [-0.3, -0.25) is 4.79 Å². The van der Waals surface area contributed by atoms with Crippen molar-refractivity contribution < 1.29 is 4.79 Å². The summed E-state index contributed by atoms with van der Waals surface area (Å²) in [4.78, 5) is 15.2. The number of benzene rings is 1. The van der Waals surface area contributed by atoms with Crippen LogP contribution in [0.5, 0.6) is 0 Å². The minimum absolute atomic E-state index is 0.0411. The van der Waals surface area contributed by atoms with Gasteiger partial charge in [0.25, 0.3) is 0 Å². The highest BCUT2D eigenvalue weighted by atomic mass is 28.3. The fourth-order valence-electron chi connectivity index (χ4n) is 5.41. The van der Waals surface area contributed by atoms with E-state index in [-0.39, 0.29) is 11.3 Å². The van der Waals surface area contributed by atoms with Crippen molar-refractivity contribution in [2.24, 2.45) is 27.3 Å². The van der Waals surface area contributed by atoms with E-state index in [0.717, 1.165) is 19.5 Å². The predicted octanol–water partition coefficient (Wildman–Crippen LogP) is 5.14. The van der Waals surface area contributed by atoms with Gasteiger partial charge in [0.05, 0.1) is 20.2 Å². The van der Waals surface area contributed by atoms with Gasteiger partial charge in [-0.1, -0.05) is 77.0 Å². The topological polar surface area (TPSA) is 57.4 Å². The molecule has 2 aliphatic heterocycles. The van der Waals surface area contributed by atoms with Crippen molar-refractivity contribution in [1.29, 1.82) is 0 Å². The zero-order chi connectivity index (χ0) is 20.9. The molecule has 4 rings (SSSR count). The molecule has 1 amide bonds. The van der Waals surface area contributed by atoms with Gasteiger partial charge < -0.3 is 4.90 Å². The summed E-state index contributed by atoms with van der Waals surface area (Å²) in [6.45, 7) is 13.3. The molecule has 156 valence electrons. The van der Waals surface area contributed by atoms with Crippen LogP contribution in [0.1, 0.15) is 50.7 Å². The maximum absolute atomic E-state index is 13.0. The van der Waals surface area contributed by atoms with Gasteiger partial charge in [-0.2, -0.15) is 5.11 Å². The number of fused-ring (bicyclic) bond motifs is 1. The molecule has 6 heteroatoms. The second-order valence-corrected chi connectivity index (χ2v) is 15.5. The van der Waals surface area contributed by atoms with Gasteiger partial charge >= 0.3 is 0 Å². The van der Waals surface area contributed by atoms with Crippen LogP contribution in [0, 0.1) is 11.8 Å². The first-order valence-corrected chi connectivity index (χ1v) is 14.6. The van der Waals surface area contributed by atoms with E-state index in [0.29, 0.717) is 11.8 Å². The van der Waals surface area contributed by atoms with Crippen molar-refractivity contribution in [3.63, 3.8) is 0 Å². The lowest BCUT2D eigenvalue weighted by molar-refractivity contribution is -0.130. The number of carbonyl (C=O) groups excluding carboxylic acids is 1. The Morgan fingerprint density at radius 3 is 2.52 bits per heavy atom. The molecule has 0 aromatic heterocycles. The van der Waals surface area contributed by atoms with Crippen LogP contribution in [0.3, 0.4) is 0 Å². The normalized spacial score (nSPS) is 32.9. The Morgan fingerprint density at radius 1 is 1.17 bits per heavy atom. The van der Waals surface area contributed by atoms with E-state index in [1.54, 1.807) is 0 Å². The molecule has 1 saturated heterocycles. The van der Waals surface area contributed by atoms with E-state index in [1.165, 1.54) is 30.4 Å². The highest BCUT2D eigenvalue weighted by Crippen LogP contribution is 2.64. The zero-order valence-electron chi connectivity index (χ0n) is 18.5. The summed E-state index contributed by atoms with van der Waals surface area (Å²) in [5.74, 6) is 0.949. The zero-order valence-corrected chi connectivity index (χ0v) is 19.5. The standard InChI is InChI=1S/C23H34N4OSi/c1-6-7-8-9-13-27-15-19-20(21(27)28)22(19,2)17-11-10-12-18(14-17)23(29(3,4)5)16-24-26-25-23/h10-12,14,16,19-20H,6-9,13,15H2,1-5H3. The predicted molar refractivity (Wildman–Crippen MR) is 120 cm³/mol. The molecular formula is C23H34N4OSi. The average Bonchev–Trinajstić information content (AvgIpc) is 3.05. The van der Waals surface area contributed by atoms with Crippen molar-refractivity contribution >= 4 is 20.2 Å². The number of hydrogen-bond donors (Lipinski definition) is 0. The van der Waals surface area contributed by atoms with Gasteiger partial charge in [-0.25, -0.2) is 0 Å². The number of likely N-dealkylation sites (tertiary alicyclic amines) is 1. The van der Waals surface area contributed by atoms with Crippen molar-refractivity contribution in [1.82, 2.24) is 4.90 Å². The largest absolute Gasteiger partial charge is 0.342 e. The van der Waals surface area contributed by atoms with Gasteiger partial charge in [-0.15, -0.1) is 5.10 Å². The lowest BCUT2D eigenvalue weighted by atomic mass is 9.89. The molecule has 4 unspecified atom stereocenters. The smallest absolute Gasteiger partial charge is 0.226 e. The SMILES string of the molecule is CCCCCCN1CC2C(C1=O)C2(C)c1cccc(C2([Si](C)(C)C)C=NN=N2)c1. The molecule has 2 heterocycles. The summed E-state index contributed by atoms with van der Waals surface area (Å²) in [6.07, 6.45) is 6.78. The number of piperidine rings is 1. The molecule has 4 atom stereocenters. The Balaban J connectivity index is 1.53. The first kappa shape index (κ1) is 20.4. The van der Waals surface area contributed by atoms with E-state index in [2.05, 4.69) is 78.1 Å². The van der Waals surface area contributed by atoms with Crippen LogP contribution >= 0.6 is 0 Å². The van der Waals surface area contributed by atoms with Crippen LogP contribution in [-0.4, -0.2) is 38.2 Å². The third kappa shape index (κ3) is 3.11. The van der Waals surface area contributed by atoms with Crippen LogP contribution in [-0.2, 0) is 15.4 Å². The molecule has 0 radical (unpaired) electrons. The average molecular weight is 411 g/mol. The van der Waals surface area contributed by atoms with Crippen molar-refractivity contribution in [3.05, 3.63) is 35.4 Å². The monoisotopic (exact) mass is 410 g/mol. The third-order valence-corrected chi connectivity index (χ3v) is 10.4. The van der Waals surface area contributed by atoms with Gasteiger partial charge in [0.2, 0.25) is 5.91 Å². The lowest BCUT2D eigenvalue weighted by Gasteiger charge is -2.34. The molecule has 1 aliphatic carbocycles. The van der Waals surface area contributed by atoms with E-state index >= 15 is 0 Å². The fraction of sp³-hybridized carbons (Fsp3) is 0.652. The Labute approximate surface area is 175 Å². The van der Waals surface area contributed by atoms with Crippen LogP contribution in [0.15, 0.2) is 39.7 Å². The highest BCUT2D eigenvalue weighted by molar-refractivity contribution is 6.81. The van der Waals surface area contributed by atoms with E-state index in [9.17, 15) is 4.79 Å². The Kier molecular flexibility index (Phi) is 5.04. The van der Waals surface area contributed by atoms with Crippen molar-refractivity contribution in [3.8, 4) is 0 Å².